The average Bonchev–Trinajstić information content (AvgIpc) is 2.88. The Labute approximate surface area is 119 Å². The van der Waals surface area contributed by atoms with Crippen LogP contribution in [-0.2, 0) is 5.54 Å². The van der Waals surface area contributed by atoms with Crippen LogP contribution in [-0.4, -0.2) is 16.1 Å². The molecule has 2 N–H and O–H groups in total. The highest BCUT2D eigenvalue weighted by atomic mass is 35.5. The Hall–Kier alpha value is -1.32. The zero-order chi connectivity index (χ0) is 14.0. The normalized spacial score (nSPS) is 14.6. The summed E-state index contributed by atoms with van der Waals surface area (Å²) in [5.41, 5.74) is 8.02. The lowest BCUT2D eigenvalue weighted by molar-refractivity contribution is 0.233. The highest BCUT2D eigenvalue weighted by Gasteiger charge is 2.30. The lowest BCUT2D eigenvalue weighted by Gasteiger charge is -2.35. The van der Waals surface area contributed by atoms with Crippen LogP contribution in [0.1, 0.15) is 20.8 Å². The van der Waals surface area contributed by atoms with E-state index in [0.717, 1.165) is 16.3 Å². The van der Waals surface area contributed by atoms with Crippen molar-refractivity contribution >= 4 is 11.6 Å². The highest BCUT2D eigenvalue weighted by molar-refractivity contribution is 6.30. The lowest BCUT2D eigenvalue weighted by atomic mass is 9.87. The van der Waals surface area contributed by atoms with Crippen LogP contribution in [0, 0.1) is 5.92 Å². The molecule has 0 saturated carbocycles. The number of nitrogens with zero attached hydrogens (tertiary/aromatic N) is 2. The van der Waals surface area contributed by atoms with Gasteiger partial charge in [-0.1, -0.05) is 37.6 Å². The number of rotatable bonds is 4. The molecule has 0 spiro atoms. The maximum Gasteiger partial charge on any atom is 0.0956 e. The van der Waals surface area contributed by atoms with Gasteiger partial charge in [-0.05, 0) is 30.5 Å². The predicted octanol–water partition coefficient (Wildman–Crippen LogP) is 3.53. The largest absolute Gasteiger partial charge is 0.328 e. The lowest BCUT2D eigenvalue weighted by Crippen LogP contribution is -2.42. The molecule has 1 unspecified atom stereocenters. The molecule has 2 rings (SSSR count). The van der Waals surface area contributed by atoms with Crippen molar-refractivity contribution in [1.82, 2.24) is 9.55 Å². The van der Waals surface area contributed by atoms with E-state index in [4.69, 9.17) is 17.3 Å². The maximum atomic E-state index is 6.00. The minimum absolute atomic E-state index is 0.147. The number of imidazole rings is 1. The fourth-order valence-corrected chi connectivity index (χ4v) is 2.27. The third-order valence-electron chi connectivity index (χ3n) is 3.99. The molecular weight excluding hydrogens is 258 g/mol. The third-order valence-corrected chi connectivity index (χ3v) is 4.24. The molecule has 3 nitrogen and oxygen atoms in total. The Morgan fingerprint density at radius 1 is 1.32 bits per heavy atom. The standard InChI is InChI=1S/C15H20ClN3/c1-11(2)15(3,9-17)19-10-18-8-14(19)12-4-6-13(16)7-5-12/h4-8,10-11H,9,17H2,1-3H3. The Balaban J connectivity index is 2.50. The van der Waals surface area contributed by atoms with E-state index < -0.39 is 0 Å². The smallest absolute Gasteiger partial charge is 0.0956 e. The van der Waals surface area contributed by atoms with Gasteiger partial charge in [0.2, 0.25) is 0 Å². The van der Waals surface area contributed by atoms with Crippen LogP contribution in [0.5, 0.6) is 0 Å². The van der Waals surface area contributed by atoms with Gasteiger partial charge in [-0.25, -0.2) is 4.98 Å². The molecule has 102 valence electrons. The zero-order valence-electron chi connectivity index (χ0n) is 11.6. The first kappa shape index (κ1) is 14.1. The van der Waals surface area contributed by atoms with Crippen molar-refractivity contribution in [2.75, 3.05) is 6.54 Å². The van der Waals surface area contributed by atoms with Crippen LogP contribution < -0.4 is 5.73 Å². The summed E-state index contributed by atoms with van der Waals surface area (Å²) < 4.78 is 2.17. The van der Waals surface area contributed by atoms with Gasteiger partial charge in [-0.2, -0.15) is 0 Å². The highest BCUT2D eigenvalue weighted by Crippen LogP contribution is 2.31. The summed E-state index contributed by atoms with van der Waals surface area (Å²) >= 11 is 5.94. The van der Waals surface area contributed by atoms with E-state index in [-0.39, 0.29) is 5.54 Å². The first-order valence-corrected chi connectivity index (χ1v) is 6.85. The molecule has 0 aliphatic rings. The molecule has 19 heavy (non-hydrogen) atoms. The second-order valence-corrected chi connectivity index (χ2v) is 5.81. The summed E-state index contributed by atoms with van der Waals surface area (Å²) in [6.07, 6.45) is 3.73. The first-order valence-electron chi connectivity index (χ1n) is 6.48. The quantitative estimate of drug-likeness (QED) is 0.929. The van der Waals surface area contributed by atoms with Crippen LogP contribution in [0.25, 0.3) is 11.3 Å². The monoisotopic (exact) mass is 277 g/mol. The Kier molecular flexibility index (Phi) is 3.97. The van der Waals surface area contributed by atoms with Gasteiger partial charge in [0.15, 0.2) is 0 Å². The summed E-state index contributed by atoms with van der Waals surface area (Å²) in [7, 11) is 0. The van der Waals surface area contributed by atoms with Gasteiger partial charge in [0.1, 0.15) is 0 Å². The van der Waals surface area contributed by atoms with Gasteiger partial charge in [0.05, 0.1) is 23.8 Å². The van der Waals surface area contributed by atoms with Crippen LogP contribution in [0.15, 0.2) is 36.8 Å². The predicted molar refractivity (Wildman–Crippen MR) is 80.2 cm³/mol. The van der Waals surface area contributed by atoms with Gasteiger partial charge in [-0.3, -0.25) is 0 Å². The number of hydrogen-bond acceptors (Lipinski definition) is 2. The number of hydrogen-bond donors (Lipinski definition) is 1. The van der Waals surface area contributed by atoms with Crippen molar-refractivity contribution in [1.29, 1.82) is 0 Å². The van der Waals surface area contributed by atoms with Crippen molar-refractivity contribution in [3.8, 4) is 11.3 Å². The van der Waals surface area contributed by atoms with E-state index in [0.29, 0.717) is 12.5 Å². The Morgan fingerprint density at radius 3 is 2.47 bits per heavy atom. The minimum Gasteiger partial charge on any atom is -0.328 e. The molecule has 0 radical (unpaired) electrons. The van der Waals surface area contributed by atoms with E-state index in [9.17, 15) is 0 Å². The number of aromatic nitrogens is 2. The van der Waals surface area contributed by atoms with Crippen molar-refractivity contribution in [3.05, 3.63) is 41.8 Å². The topological polar surface area (TPSA) is 43.8 Å². The van der Waals surface area contributed by atoms with E-state index >= 15 is 0 Å². The second kappa shape index (κ2) is 5.35. The van der Waals surface area contributed by atoms with Crippen LogP contribution in [0.2, 0.25) is 5.02 Å². The fourth-order valence-electron chi connectivity index (χ4n) is 2.15. The van der Waals surface area contributed by atoms with Crippen LogP contribution in [0.4, 0.5) is 0 Å². The summed E-state index contributed by atoms with van der Waals surface area (Å²) in [5.74, 6) is 0.415. The van der Waals surface area contributed by atoms with E-state index in [1.807, 2.05) is 36.8 Å². The van der Waals surface area contributed by atoms with Gasteiger partial charge < -0.3 is 10.3 Å². The van der Waals surface area contributed by atoms with E-state index in [2.05, 4.69) is 30.3 Å². The molecule has 1 heterocycles. The third kappa shape index (κ3) is 2.53. The van der Waals surface area contributed by atoms with E-state index in [1.54, 1.807) is 0 Å². The average molecular weight is 278 g/mol. The molecule has 1 aromatic carbocycles. The minimum atomic E-state index is -0.147. The molecule has 0 fully saturated rings. The van der Waals surface area contributed by atoms with Crippen molar-refractivity contribution in [2.24, 2.45) is 11.7 Å². The summed E-state index contributed by atoms with van der Waals surface area (Å²) in [6.45, 7) is 7.09. The summed E-state index contributed by atoms with van der Waals surface area (Å²) in [5, 5.41) is 0.736. The summed E-state index contributed by atoms with van der Waals surface area (Å²) in [6, 6.07) is 7.80. The van der Waals surface area contributed by atoms with Gasteiger partial charge in [0, 0.05) is 11.6 Å². The zero-order valence-corrected chi connectivity index (χ0v) is 12.4. The van der Waals surface area contributed by atoms with Crippen molar-refractivity contribution < 1.29 is 0 Å². The van der Waals surface area contributed by atoms with Crippen molar-refractivity contribution in [3.63, 3.8) is 0 Å². The Bertz CT molecular complexity index is 545. The molecular formula is C15H20ClN3. The molecule has 0 aliphatic heterocycles. The van der Waals surface area contributed by atoms with Gasteiger partial charge >= 0.3 is 0 Å². The van der Waals surface area contributed by atoms with Gasteiger partial charge in [0.25, 0.3) is 0 Å². The first-order chi connectivity index (χ1) is 8.99. The van der Waals surface area contributed by atoms with Gasteiger partial charge in [-0.15, -0.1) is 0 Å². The molecule has 0 saturated heterocycles. The number of nitrogens with two attached hydrogens (primary N) is 1. The SMILES string of the molecule is CC(C)C(C)(CN)n1cncc1-c1ccc(Cl)cc1. The molecule has 4 heteroatoms. The molecule has 2 aromatic rings. The molecule has 1 atom stereocenters. The molecule has 0 bridgehead atoms. The van der Waals surface area contributed by atoms with Crippen molar-refractivity contribution in [2.45, 2.75) is 26.3 Å². The molecule has 0 aliphatic carbocycles. The molecule has 0 amide bonds. The van der Waals surface area contributed by atoms with E-state index in [1.165, 1.54) is 0 Å². The number of halogens is 1. The molecule has 1 aromatic heterocycles. The summed E-state index contributed by atoms with van der Waals surface area (Å²) in [4.78, 5) is 4.29. The Morgan fingerprint density at radius 2 is 1.95 bits per heavy atom. The van der Waals surface area contributed by atoms with Crippen LogP contribution in [0.3, 0.4) is 0 Å². The fraction of sp³-hybridized carbons (Fsp3) is 0.400. The maximum absolute atomic E-state index is 6.00. The van der Waals surface area contributed by atoms with Crippen LogP contribution >= 0.6 is 11.6 Å². The number of benzene rings is 1. The second-order valence-electron chi connectivity index (χ2n) is 5.37.